The van der Waals surface area contributed by atoms with Gasteiger partial charge in [-0.3, -0.25) is 4.79 Å². The summed E-state index contributed by atoms with van der Waals surface area (Å²) in [5.41, 5.74) is 2.00. The second kappa shape index (κ2) is 9.36. The average molecular weight is 379 g/mol. The maximum atomic E-state index is 13.8. The third-order valence-electron chi connectivity index (χ3n) is 5.37. The Hall–Kier alpha value is -2.87. The molecule has 146 valence electrons. The lowest BCUT2D eigenvalue weighted by Gasteiger charge is -2.37. The lowest BCUT2D eigenvalue weighted by molar-refractivity contribution is -0.132. The van der Waals surface area contributed by atoms with Gasteiger partial charge in [-0.2, -0.15) is 5.26 Å². The summed E-state index contributed by atoms with van der Waals surface area (Å²) in [4.78, 5) is 16.5. The molecule has 2 aromatic rings. The van der Waals surface area contributed by atoms with Gasteiger partial charge in [-0.25, -0.2) is 4.39 Å². The Morgan fingerprint density at radius 2 is 1.82 bits per heavy atom. The number of hydrogen-bond donors (Lipinski definition) is 0. The van der Waals surface area contributed by atoms with Gasteiger partial charge in [-0.15, -0.1) is 0 Å². The Bertz CT molecular complexity index is 839. The van der Waals surface area contributed by atoms with Crippen LogP contribution in [0, 0.1) is 23.1 Å². The molecule has 5 heteroatoms. The highest BCUT2D eigenvalue weighted by atomic mass is 19.1. The fraction of sp³-hybridized carbons (Fsp3) is 0.391. The molecule has 0 spiro atoms. The van der Waals surface area contributed by atoms with Crippen LogP contribution in [0.15, 0.2) is 48.5 Å². The van der Waals surface area contributed by atoms with Gasteiger partial charge in [0, 0.05) is 32.6 Å². The van der Waals surface area contributed by atoms with Gasteiger partial charge < -0.3 is 9.80 Å². The van der Waals surface area contributed by atoms with E-state index in [-0.39, 0.29) is 11.5 Å². The van der Waals surface area contributed by atoms with Gasteiger partial charge in [0.05, 0.1) is 5.69 Å². The van der Waals surface area contributed by atoms with Gasteiger partial charge in [0.2, 0.25) is 5.91 Å². The predicted octanol–water partition coefficient (Wildman–Crippen LogP) is 4.00. The van der Waals surface area contributed by atoms with Crippen LogP contribution in [0.4, 0.5) is 10.1 Å². The third kappa shape index (κ3) is 4.89. The van der Waals surface area contributed by atoms with Crippen LogP contribution in [-0.2, 0) is 11.2 Å². The fourth-order valence-corrected chi connectivity index (χ4v) is 3.67. The smallest absolute Gasteiger partial charge is 0.222 e. The second-order valence-electron chi connectivity index (χ2n) is 7.45. The molecule has 1 unspecified atom stereocenters. The Labute approximate surface area is 166 Å². The molecule has 0 N–H and O–H groups in total. The van der Waals surface area contributed by atoms with E-state index in [1.807, 2.05) is 34.1 Å². The predicted molar refractivity (Wildman–Crippen MR) is 108 cm³/mol. The molecule has 1 amide bonds. The van der Waals surface area contributed by atoms with Gasteiger partial charge in [-0.05, 0) is 36.5 Å². The summed E-state index contributed by atoms with van der Waals surface area (Å²) < 4.78 is 13.8. The number of hydrogen-bond acceptors (Lipinski definition) is 3. The molecule has 4 nitrogen and oxygen atoms in total. The molecule has 2 aromatic carbocycles. The van der Waals surface area contributed by atoms with Crippen LogP contribution in [0.1, 0.15) is 30.9 Å². The van der Waals surface area contributed by atoms with E-state index in [4.69, 9.17) is 0 Å². The van der Waals surface area contributed by atoms with Gasteiger partial charge in [0.15, 0.2) is 0 Å². The summed E-state index contributed by atoms with van der Waals surface area (Å²) in [6.07, 6.45) is 2.53. The molecule has 3 rings (SSSR count). The fourth-order valence-electron chi connectivity index (χ4n) is 3.67. The van der Waals surface area contributed by atoms with Gasteiger partial charge in [0.1, 0.15) is 17.4 Å². The molecule has 1 heterocycles. The minimum atomic E-state index is -0.495. The summed E-state index contributed by atoms with van der Waals surface area (Å²) in [5, 5.41) is 9.22. The highest BCUT2D eigenvalue weighted by Crippen LogP contribution is 2.24. The molecule has 0 radical (unpaired) electrons. The van der Waals surface area contributed by atoms with Crippen LogP contribution in [-0.4, -0.2) is 37.0 Å². The summed E-state index contributed by atoms with van der Waals surface area (Å²) >= 11 is 0. The number of halogens is 1. The molecule has 1 fully saturated rings. The number of piperazine rings is 1. The number of amides is 1. The highest BCUT2D eigenvalue weighted by molar-refractivity contribution is 5.77. The molecule has 0 aromatic heterocycles. The van der Waals surface area contributed by atoms with Crippen LogP contribution < -0.4 is 4.90 Å². The van der Waals surface area contributed by atoms with Gasteiger partial charge in [0.25, 0.3) is 0 Å². The first-order valence-corrected chi connectivity index (χ1v) is 9.83. The Balaban J connectivity index is 1.49. The van der Waals surface area contributed by atoms with E-state index in [9.17, 15) is 14.4 Å². The van der Waals surface area contributed by atoms with Crippen molar-refractivity contribution >= 4 is 11.6 Å². The minimum Gasteiger partial charge on any atom is -0.367 e. The van der Waals surface area contributed by atoms with Crippen LogP contribution in [0.25, 0.3) is 0 Å². The highest BCUT2D eigenvalue weighted by Gasteiger charge is 2.24. The van der Waals surface area contributed by atoms with E-state index >= 15 is 0 Å². The first-order chi connectivity index (χ1) is 13.6. The van der Waals surface area contributed by atoms with E-state index in [2.05, 4.69) is 19.1 Å². The zero-order valence-corrected chi connectivity index (χ0v) is 16.3. The molecular weight excluding hydrogens is 353 g/mol. The first kappa shape index (κ1) is 19.9. The number of benzene rings is 2. The molecular formula is C23H26FN3O. The first-order valence-electron chi connectivity index (χ1n) is 9.83. The number of rotatable bonds is 6. The van der Waals surface area contributed by atoms with Crippen molar-refractivity contribution in [1.29, 1.82) is 5.26 Å². The lowest BCUT2D eigenvalue weighted by Crippen LogP contribution is -2.49. The van der Waals surface area contributed by atoms with Crippen molar-refractivity contribution in [3.05, 3.63) is 65.5 Å². The van der Waals surface area contributed by atoms with Crippen molar-refractivity contribution in [2.75, 3.05) is 31.1 Å². The minimum absolute atomic E-state index is 0.0804. The normalized spacial score (nSPS) is 15.2. The zero-order valence-electron chi connectivity index (χ0n) is 16.3. The monoisotopic (exact) mass is 379 g/mol. The quantitative estimate of drug-likeness (QED) is 0.762. The molecule has 1 aliphatic rings. The standard InChI is InChI=1S/C23H26FN3O/c1-18(10-11-19-6-3-2-4-7-19)16-23(28)27-14-12-26(13-15-27)22-9-5-8-21(24)20(22)17-25/h2-9,18H,10-16H2,1H3. The largest absolute Gasteiger partial charge is 0.367 e. The maximum absolute atomic E-state index is 13.8. The number of carbonyl (C=O) groups is 1. The number of carbonyl (C=O) groups excluding carboxylic acids is 1. The summed E-state index contributed by atoms with van der Waals surface area (Å²) in [5.74, 6) is 0.0184. The molecule has 0 aliphatic carbocycles. The molecule has 0 saturated carbocycles. The van der Waals surface area contributed by atoms with E-state index in [1.165, 1.54) is 11.6 Å². The number of nitriles is 1. The molecule has 0 bridgehead atoms. The van der Waals surface area contributed by atoms with Crippen LogP contribution in [0.5, 0.6) is 0 Å². The zero-order chi connectivity index (χ0) is 19.9. The van der Waals surface area contributed by atoms with Crippen LogP contribution in [0.3, 0.4) is 0 Å². The number of nitrogens with zero attached hydrogens (tertiary/aromatic N) is 3. The van der Waals surface area contributed by atoms with Crippen LogP contribution >= 0.6 is 0 Å². The maximum Gasteiger partial charge on any atom is 0.222 e. The Morgan fingerprint density at radius 3 is 2.50 bits per heavy atom. The van der Waals surface area contributed by atoms with Crippen molar-refractivity contribution in [3.8, 4) is 6.07 Å². The van der Waals surface area contributed by atoms with E-state index in [0.717, 1.165) is 12.8 Å². The van der Waals surface area contributed by atoms with Crippen LogP contribution in [0.2, 0.25) is 0 Å². The summed E-state index contributed by atoms with van der Waals surface area (Å²) in [6, 6.07) is 17.0. The van der Waals surface area contributed by atoms with Gasteiger partial charge in [-0.1, -0.05) is 43.3 Å². The van der Waals surface area contributed by atoms with E-state index < -0.39 is 5.82 Å². The van der Waals surface area contributed by atoms with E-state index in [0.29, 0.717) is 44.2 Å². The molecule has 1 aliphatic heterocycles. The summed E-state index contributed by atoms with van der Waals surface area (Å²) in [6.45, 7) is 4.56. The third-order valence-corrected chi connectivity index (χ3v) is 5.37. The van der Waals surface area contributed by atoms with Crippen molar-refractivity contribution in [2.24, 2.45) is 5.92 Å². The SMILES string of the molecule is CC(CCc1ccccc1)CC(=O)N1CCN(c2cccc(F)c2C#N)CC1. The topological polar surface area (TPSA) is 47.3 Å². The van der Waals surface area contributed by atoms with Crippen molar-refractivity contribution in [3.63, 3.8) is 0 Å². The van der Waals surface area contributed by atoms with Crippen molar-refractivity contribution < 1.29 is 9.18 Å². The Kier molecular flexibility index (Phi) is 6.65. The molecule has 1 saturated heterocycles. The molecule has 1 atom stereocenters. The van der Waals surface area contributed by atoms with Gasteiger partial charge >= 0.3 is 0 Å². The summed E-state index contributed by atoms with van der Waals surface area (Å²) in [7, 11) is 0. The Morgan fingerprint density at radius 1 is 1.11 bits per heavy atom. The number of aryl methyl sites for hydroxylation is 1. The van der Waals surface area contributed by atoms with E-state index in [1.54, 1.807) is 12.1 Å². The van der Waals surface area contributed by atoms with Crippen molar-refractivity contribution in [2.45, 2.75) is 26.2 Å². The lowest BCUT2D eigenvalue weighted by atomic mass is 9.97. The second-order valence-corrected chi connectivity index (χ2v) is 7.45. The average Bonchev–Trinajstić information content (AvgIpc) is 2.73. The number of anilines is 1. The van der Waals surface area contributed by atoms with Crippen molar-refractivity contribution in [1.82, 2.24) is 4.90 Å². The molecule has 28 heavy (non-hydrogen) atoms.